The highest BCUT2D eigenvalue weighted by Crippen LogP contribution is 2.23. The molecule has 2 N–H and O–H groups in total. The van der Waals surface area contributed by atoms with Crippen LogP contribution in [0, 0.1) is 11.6 Å². The number of aromatic nitrogens is 1. The molecule has 0 spiro atoms. The molecule has 0 atom stereocenters. The van der Waals surface area contributed by atoms with E-state index in [0.29, 0.717) is 11.2 Å². The fourth-order valence-corrected chi connectivity index (χ4v) is 1.73. The number of rotatable bonds is 2. The highest BCUT2D eigenvalue weighted by Gasteiger charge is 2.09. The molecule has 0 saturated heterocycles. The first-order valence-electron chi connectivity index (χ1n) is 5.16. The van der Waals surface area contributed by atoms with Crippen LogP contribution in [0.2, 0.25) is 0 Å². The van der Waals surface area contributed by atoms with Crippen LogP contribution in [0.25, 0.3) is 10.9 Å². The maximum absolute atomic E-state index is 13.5. The number of fused-ring (bicyclic) bond motifs is 1. The zero-order valence-electron chi connectivity index (χ0n) is 8.93. The first-order valence-corrected chi connectivity index (χ1v) is 5.16. The van der Waals surface area contributed by atoms with Crippen LogP contribution in [0.1, 0.15) is 18.9 Å². The van der Waals surface area contributed by atoms with Crippen molar-refractivity contribution >= 4 is 16.7 Å². The second-order valence-electron chi connectivity index (χ2n) is 3.74. The number of hydrogen-bond acceptors (Lipinski definition) is 2. The van der Waals surface area contributed by atoms with Crippen molar-refractivity contribution in [3.8, 4) is 0 Å². The molecule has 0 amide bonds. The van der Waals surface area contributed by atoms with Gasteiger partial charge in [0.05, 0.1) is 5.52 Å². The Kier molecular flexibility index (Phi) is 2.73. The predicted molar refractivity (Wildman–Crippen MR) is 60.1 cm³/mol. The van der Waals surface area contributed by atoms with Crippen molar-refractivity contribution in [2.45, 2.75) is 19.8 Å². The van der Waals surface area contributed by atoms with Gasteiger partial charge >= 0.3 is 0 Å². The van der Waals surface area contributed by atoms with Crippen molar-refractivity contribution in [3.63, 3.8) is 0 Å². The van der Waals surface area contributed by atoms with Crippen molar-refractivity contribution in [1.82, 2.24) is 4.98 Å². The Morgan fingerprint density at radius 1 is 1.25 bits per heavy atom. The lowest BCUT2D eigenvalue weighted by atomic mass is 10.1. The summed E-state index contributed by atoms with van der Waals surface area (Å²) in [5.74, 6) is -0.889. The average molecular weight is 222 g/mol. The SMILES string of the molecule is CCCc1cc2c(F)cc(F)cc2nc1N. The van der Waals surface area contributed by atoms with Gasteiger partial charge in [-0.1, -0.05) is 13.3 Å². The van der Waals surface area contributed by atoms with Gasteiger partial charge in [0.2, 0.25) is 0 Å². The molecule has 0 radical (unpaired) electrons. The highest BCUT2D eigenvalue weighted by molar-refractivity contribution is 5.82. The predicted octanol–water partition coefficient (Wildman–Crippen LogP) is 3.05. The molecule has 1 aromatic heterocycles. The quantitative estimate of drug-likeness (QED) is 0.848. The Balaban J connectivity index is 2.69. The topological polar surface area (TPSA) is 38.9 Å². The molecule has 1 heterocycles. The van der Waals surface area contributed by atoms with Crippen molar-refractivity contribution in [1.29, 1.82) is 0 Å². The van der Waals surface area contributed by atoms with Crippen LogP contribution in [-0.2, 0) is 6.42 Å². The van der Waals surface area contributed by atoms with Crippen LogP contribution in [0.5, 0.6) is 0 Å². The summed E-state index contributed by atoms with van der Waals surface area (Å²) in [5.41, 5.74) is 6.78. The second-order valence-corrected chi connectivity index (χ2v) is 3.74. The molecule has 0 aliphatic rings. The van der Waals surface area contributed by atoms with Crippen molar-refractivity contribution in [3.05, 3.63) is 35.4 Å². The van der Waals surface area contributed by atoms with E-state index in [0.717, 1.165) is 24.5 Å². The van der Waals surface area contributed by atoms with Gasteiger partial charge in [-0.05, 0) is 18.1 Å². The van der Waals surface area contributed by atoms with E-state index in [4.69, 9.17) is 5.73 Å². The Labute approximate surface area is 92.1 Å². The summed E-state index contributed by atoms with van der Waals surface area (Å²) in [4.78, 5) is 4.01. The molecule has 0 bridgehead atoms. The van der Waals surface area contributed by atoms with Crippen LogP contribution in [0.15, 0.2) is 18.2 Å². The summed E-state index contributed by atoms with van der Waals surface area (Å²) >= 11 is 0. The monoisotopic (exact) mass is 222 g/mol. The maximum Gasteiger partial charge on any atom is 0.135 e. The van der Waals surface area contributed by atoms with E-state index in [1.807, 2.05) is 6.92 Å². The van der Waals surface area contributed by atoms with Crippen molar-refractivity contribution in [2.75, 3.05) is 5.73 Å². The molecule has 0 fully saturated rings. The fourth-order valence-electron chi connectivity index (χ4n) is 1.73. The summed E-state index contributed by atoms with van der Waals surface area (Å²) in [6.07, 6.45) is 1.64. The highest BCUT2D eigenvalue weighted by atomic mass is 19.1. The van der Waals surface area contributed by atoms with Gasteiger partial charge in [-0.3, -0.25) is 0 Å². The molecule has 84 valence electrons. The van der Waals surface area contributed by atoms with Gasteiger partial charge in [-0.25, -0.2) is 13.8 Å². The first kappa shape index (κ1) is 10.8. The Bertz CT molecular complexity index is 538. The number of halogens is 2. The smallest absolute Gasteiger partial charge is 0.135 e. The standard InChI is InChI=1S/C12H12F2N2/c1-2-3-7-4-9-10(14)5-8(13)6-11(9)16-12(7)15/h4-6H,2-3H2,1H3,(H2,15,16). The molecular formula is C12H12F2N2. The first-order chi connectivity index (χ1) is 7.61. The summed E-state index contributed by atoms with van der Waals surface area (Å²) in [7, 11) is 0. The number of nitrogens with two attached hydrogens (primary N) is 1. The van der Waals surface area contributed by atoms with Crippen LogP contribution in [0.4, 0.5) is 14.6 Å². The molecule has 2 rings (SSSR count). The van der Waals surface area contributed by atoms with E-state index in [1.165, 1.54) is 6.07 Å². The van der Waals surface area contributed by atoms with Crippen LogP contribution >= 0.6 is 0 Å². The normalized spacial score (nSPS) is 10.9. The van der Waals surface area contributed by atoms with E-state index in [1.54, 1.807) is 6.07 Å². The number of nitrogens with zero attached hydrogens (tertiary/aromatic N) is 1. The lowest BCUT2D eigenvalue weighted by Crippen LogP contribution is -1.99. The van der Waals surface area contributed by atoms with Gasteiger partial charge in [0.1, 0.15) is 17.5 Å². The van der Waals surface area contributed by atoms with Gasteiger partial charge in [0.25, 0.3) is 0 Å². The number of benzene rings is 1. The zero-order chi connectivity index (χ0) is 11.7. The van der Waals surface area contributed by atoms with Gasteiger partial charge in [0, 0.05) is 17.5 Å². The molecule has 0 saturated carbocycles. The number of hydrogen-bond donors (Lipinski definition) is 1. The summed E-state index contributed by atoms with van der Waals surface area (Å²) in [5, 5.41) is 0.319. The molecule has 0 aliphatic carbocycles. The van der Waals surface area contributed by atoms with Gasteiger partial charge in [0.15, 0.2) is 0 Å². The number of aryl methyl sites for hydroxylation is 1. The second kappa shape index (κ2) is 4.04. The molecule has 2 aromatic rings. The lowest BCUT2D eigenvalue weighted by molar-refractivity contribution is 0.591. The minimum atomic E-state index is -0.639. The van der Waals surface area contributed by atoms with E-state index < -0.39 is 11.6 Å². The summed E-state index contributed by atoms with van der Waals surface area (Å²) in [6.45, 7) is 2.00. The fraction of sp³-hybridized carbons (Fsp3) is 0.250. The molecule has 1 aromatic carbocycles. The third-order valence-electron chi connectivity index (χ3n) is 2.48. The molecule has 4 heteroatoms. The summed E-state index contributed by atoms with van der Waals surface area (Å²) < 4.78 is 26.4. The molecule has 0 aliphatic heterocycles. The third kappa shape index (κ3) is 1.83. The minimum absolute atomic E-state index is 0.259. The van der Waals surface area contributed by atoms with Gasteiger partial charge in [-0.15, -0.1) is 0 Å². The number of nitrogen functional groups attached to an aromatic ring is 1. The van der Waals surface area contributed by atoms with Crippen LogP contribution < -0.4 is 5.73 Å². The van der Waals surface area contributed by atoms with E-state index in [-0.39, 0.29) is 5.52 Å². The molecular weight excluding hydrogens is 210 g/mol. The largest absolute Gasteiger partial charge is 0.383 e. The minimum Gasteiger partial charge on any atom is -0.383 e. The maximum atomic E-state index is 13.5. The van der Waals surface area contributed by atoms with E-state index in [2.05, 4.69) is 4.98 Å². The Hall–Kier alpha value is -1.71. The summed E-state index contributed by atoms with van der Waals surface area (Å²) in [6, 6.07) is 3.69. The lowest BCUT2D eigenvalue weighted by Gasteiger charge is -2.06. The Morgan fingerprint density at radius 2 is 2.00 bits per heavy atom. The van der Waals surface area contributed by atoms with E-state index in [9.17, 15) is 8.78 Å². The Morgan fingerprint density at radius 3 is 2.69 bits per heavy atom. The molecule has 2 nitrogen and oxygen atoms in total. The zero-order valence-corrected chi connectivity index (χ0v) is 8.93. The van der Waals surface area contributed by atoms with Gasteiger partial charge < -0.3 is 5.73 Å². The van der Waals surface area contributed by atoms with Crippen LogP contribution in [0.3, 0.4) is 0 Å². The molecule has 16 heavy (non-hydrogen) atoms. The van der Waals surface area contributed by atoms with Crippen LogP contribution in [-0.4, -0.2) is 4.98 Å². The molecule has 0 unspecified atom stereocenters. The average Bonchev–Trinajstić information content (AvgIpc) is 2.20. The van der Waals surface area contributed by atoms with Crippen molar-refractivity contribution in [2.24, 2.45) is 0 Å². The third-order valence-corrected chi connectivity index (χ3v) is 2.48. The van der Waals surface area contributed by atoms with E-state index >= 15 is 0 Å². The van der Waals surface area contributed by atoms with Crippen molar-refractivity contribution < 1.29 is 8.78 Å². The van der Waals surface area contributed by atoms with Gasteiger partial charge in [-0.2, -0.15) is 0 Å². The number of pyridine rings is 1. The number of anilines is 1.